The first kappa shape index (κ1) is 36.3. The summed E-state index contributed by atoms with van der Waals surface area (Å²) in [5.41, 5.74) is 1.20. The fourth-order valence-electron chi connectivity index (χ4n) is 6.98. The van der Waals surface area contributed by atoms with Crippen molar-refractivity contribution in [1.82, 2.24) is 34.9 Å². The normalized spacial score (nSPS) is 19.3. The molecule has 6 rings (SSSR count). The number of hydrogen-bond acceptors (Lipinski definition) is 8. The molecule has 2 aliphatic rings. The number of Topliss-reactive ketones (excluding diaryl/α,β-unsaturated/α-hetero) is 1. The Morgan fingerprint density at radius 2 is 1.81 bits per heavy atom. The van der Waals surface area contributed by atoms with Crippen molar-refractivity contribution in [3.05, 3.63) is 71.6 Å². The van der Waals surface area contributed by atoms with Crippen molar-refractivity contribution in [2.75, 3.05) is 11.9 Å². The lowest BCUT2D eigenvalue weighted by atomic mass is 9.98. The van der Waals surface area contributed by atoms with Crippen molar-refractivity contribution >= 4 is 46.3 Å². The van der Waals surface area contributed by atoms with Crippen LogP contribution in [0.2, 0.25) is 0 Å². The topological polar surface area (TPSA) is 152 Å². The molecule has 52 heavy (non-hydrogen) atoms. The number of carbonyl (C=O) groups excluding carboxylic acids is 4. The van der Waals surface area contributed by atoms with Crippen molar-refractivity contribution in [2.45, 2.75) is 84.6 Å². The second-order valence-electron chi connectivity index (χ2n) is 13.6. The zero-order valence-corrected chi connectivity index (χ0v) is 29.3. The molecule has 0 radical (unpaired) electrons. The number of halogens is 3. The number of pyridine rings is 1. The van der Waals surface area contributed by atoms with Crippen LogP contribution >= 0.6 is 0 Å². The lowest BCUT2D eigenvalue weighted by Crippen LogP contribution is -2.47. The molecule has 2 fully saturated rings. The van der Waals surface area contributed by atoms with Crippen LogP contribution in [-0.4, -0.2) is 71.8 Å². The van der Waals surface area contributed by atoms with Gasteiger partial charge in [0.05, 0.1) is 5.52 Å². The maximum Gasteiger partial charge on any atom is 0.433 e. The van der Waals surface area contributed by atoms with Crippen LogP contribution < -0.4 is 10.6 Å². The number of aromatic nitrogens is 5. The van der Waals surface area contributed by atoms with Gasteiger partial charge in [0.15, 0.2) is 5.78 Å². The van der Waals surface area contributed by atoms with E-state index in [1.165, 1.54) is 29.5 Å². The van der Waals surface area contributed by atoms with E-state index in [2.05, 4.69) is 37.3 Å². The molecule has 0 bridgehead atoms. The zero-order chi connectivity index (χ0) is 37.5. The molecular weight excluding hydrogens is 677 g/mol. The number of rotatable bonds is 12. The number of fused-ring (bicyclic) bond motifs is 2. The lowest BCUT2D eigenvalue weighted by Gasteiger charge is -2.27. The Balaban J connectivity index is 1.34. The largest absolute Gasteiger partial charge is 0.433 e. The average Bonchev–Trinajstić information content (AvgIpc) is 3.51. The van der Waals surface area contributed by atoms with E-state index in [4.69, 9.17) is 0 Å². The molecule has 3 amide bonds. The number of alkyl halides is 3. The first-order valence-electron chi connectivity index (χ1n) is 17.1. The molecule has 1 aliphatic carbocycles. The molecule has 1 aromatic carbocycles. The minimum atomic E-state index is -4.73. The predicted octanol–water partition coefficient (Wildman–Crippen LogP) is 5.67. The van der Waals surface area contributed by atoms with Crippen molar-refractivity contribution < 1.29 is 32.3 Å². The Morgan fingerprint density at radius 1 is 1.08 bits per heavy atom. The van der Waals surface area contributed by atoms with Gasteiger partial charge in [-0.1, -0.05) is 32.1 Å². The molecule has 1 aliphatic heterocycles. The summed E-state index contributed by atoms with van der Waals surface area (Å²) in [4.78, 5) is 67.2. The average molecular weight is 717 g/mol. The van der Waals surface area contributed by atoms with Gasteiger partial charge in [0, 0.05) is 60.3 Å². The van der Waals surface area contributed by atoms with Crippen LogP contribution in [0.3, 0.4) is 0 Å². The van der Waals surface area contributed by atoms with Crippen molar-refractivity contribution in [2.24, 2.45) is 5.41 Å². The number of piperidine rings is 1. The van der Waals surface area contributed by atoms with Crippen LogP contribution in [0.15, 0.2) is 43.2 Å². The van der Waals surface area contributed by atoms with Gasteiger partial charge in [0.25, 0.3) is 0 Å². The maximum atomic E-state index is 14.3. The number of nitrogens with zero attached hydrogens (tertiary/aromatic N) is 6. The third-order valence-electron chi connectivity index (χ3n) is 9.86. The first-order valence-corrected chi connectivity index (χ1v) is 17.1. The Labute approximate surface area is 297 Å². The lowest BCUT2D eigenvalue weighted by molar-refractivity contribution is -0.141. The monoisotopic (exact) mass is 716 g/mol. The molecule has 2 N–H and O–H groups in total. The molecule has 3 atom stereocenters. The van der Waals surface area contributed by atoms with E-state index in [9.17, 15) is 32.3 Å². The number of benzene rings is 1. The summed E-state index contributed by atoms with van der Waals surface area (Å²) in [7, 11) is 0. The number of unbranched alkanes of at least 4 members (excludes halogenated alkanes) is 1. The highest BCUT2D eigenvalue weighted by molar-refractivity contribution is 6.08. The molecule has 4 aromatic rings. The summed E-state index contributed by atoms with van der Waals surface area (Å²) in [5.74, 6) is -1.31. The highest BCUT2D eigenvalue weighted by atomic mass is 19.4. The SMILES string of the molecule is C=Cc1cc(-c2cnc(C)nc2)cc2c(C(C)=O)nn(CC(=O)N3[C@H](C(=O)Nc4nc(C(F)(F)F)ccc4C)C[C@@]4(CNC(=O)CCCC)C[C@@H]34)c12. The first-order chi connectivity index (χ1) is 24.7. The molecule has 0 spiro atoms. The summed E-state index contributed by atoms with van der Waals surface area (Å²) < 4.78 is 41.9. The minimum absolute atomic E-state index is 0.134. The van der Waals surface area contributed by atoms with E-state index < -0.39 is 41.2 Å². The van der Waals surface area contributed by atoms with Crippen molar-refractivity contribution in [3.63, 3.8) is 0 Å². The van der Waals surface area contributed by atoms with Crippen molar-refractivity contribution in [3.8, 4) is 11.1 Å². The van der Waals surface area contributed by atoms with Gasteiger partial charge < -0.3 is 15.5 Å². The van der Waals surface area contributed by atoms with Gasteiger partial charge in [-0.3, -0.25) is 23.9 Å². The molecule has 272 valence electrons. The molecule has 1 saturated heterocycles. The number of ketones is 1. The van der Waals surface area contributed by atoms with Crippen LogP contribution in [0, 0.1) is 19.3 Å². The standard InChI is InChI=1S/C37H39F3N8O4/c1-6-8-9-30(50)43-19-36-14-27(35(52)45-34-20(3)10-11-28(44-34)37(38,39)40)48(29(36)15-36)31(51)18-47-33-23(7-2)12-24(25-16-41-22(5)42-17-25)13-26(33)32(46-47)21(4)49/h7,10-13,16-17,27,29H,2,6,8-9,14-15,18-19H2,1,3-5H3,(H,43,50)(H,44,45,52)/t27-,29+,36-/m0/s1. The summed E-state index contributed by atoms with van der Waals surface area (Å²) >= 11 is 0. The highest BCUT2D eigenvalue weighted by Gasteiger charge is 2.67. The van der Waals surface area contributed by atoms with Gasteiger partial charge in [-0.15, -0.1) is 0 Å². The molecule has 15 heteroatoms. The van der Waals surface area contributed by atoms with Crippen LogP contribution in [0.25, 0.3) is 28.1 Å². The van der Waals surface area contributed by atoms with Crippen LogP contribution in [0.4, 0.5) is 19.0 Å². The second kappa shape index (κ2) is 13.9. The van der Waals surface area contributed by atoms with Gasteiger partial charge in [0.1, 0.15) is 35.6 Å². The Morgan fingerprint density at radius 3 is 2.46 bits per heavy atom. The summed E-state index contributed by atoms with van der Waals surface area (Å²) in [6, 6.07) is 4.18. The van der Waals surface area contributed by atoms with Gasteiger partial charge in [-0.25, -0.2) is 15.0 Å². The Bertz CT molecular complexity index is 2090. The molecule has 3 aromatic heterocycles. The predicted molar refractivity (Wildman–Crippen MR) is 187 cm³/mol. The third-order valence-corrected chi connectivity index (χ3v) is 9.86. The number of aryl methyl sites for hydroxylation is 2. The summed E-state index contributed by atoms with van der Waals surface area (Å²) in [6.45, 7) is 10.5. The van der Waals surface area contributed by atoms with E-state index in [1.807, 2.05) is 13.0 Å². The van der Waals surface area contributed by atoms with Gasteiger partial charge in [-0.2, -0.15) is 18.3 Å². The number of carbonyl (C=O) groups is 4. The highest BCUT2D eigenvalue weighted by Crippen LogP contribution is 2.59. The van der Waals surface area contributed by atoms with E-state index in [0.29, 0.717) is 58.2 Å². The van der Waals surface area contributed by atoms with Crippen LogP contribution in [0.5, 0.6) is 0 Å². The molecular formula is C37H39F3N8O4. The number of nitrogens with one attached hydrogen (secondary N) is 2. The van der Waals surface area contributed by atoms with E-state index in [-0.39, 0.29) is 42.7 Å². The van der Waals surface area contributed by atoms with Gasteiger partial charge >= 0.3 is 6.18 Å². The van der Waals surface area contributed by atoms with E-state index in [0.717, 1.165) is 12.5 Å². The molecule has 1 saturated carbocycles. The number of likely N-dealkylation sites (tertiary alicyclic amines) is 1. The van der Waals surface area contributed by atoms with E-state index in [1.54, 1.807) is 31.5 Å². The molecule has 0 unspecified atom stereocenters. The molecule has 4 heterocycles. The smallest absolute Gasteiger partial charge is 0.355 e. The van der Waals surface area contributed by atoms with Crippen LogP contribution in [0.1, 0.15) is 79.1 Å². The summed E-state index contributed by atoms with van der Waals surface area (Å²) in [6.07, 6.45) is 2.81. The fourth-order valence-corrected chi connectivity index (χ4v) is 6.98. The second-order valence-corrected chi connectivity index (χ2v) is 13.6. The summed E-state index contributed by atoms with van der Waals surface area (Å²) in [5, 5.41) is 10.5. The Kier molecular flexibility index (Phi) is 9.73. The van der Waals surface area contributed by atoms with Gasteiger partial charge in [-0.05, 0) is 62.4 Å². The zero-order valence-electron chi connectivity index (χ0n) is 29.3. The quantitative estimate of drug-likeness (QED) is 0.178. The van der Waals surface area contributed by atoms with Gasteiger partial charge in [0.2, 0.25) is 17.7 Å². The maximum absolute atomic E-state index is 14.3. The van der Waals surface area contributed by atoms with E-state index >= 15 is 0 Å². The van der Waals surface area contributed by atoms with Crippen LogP contribution in [-0.2, 0) is 27.1 Å². The number of amides is 3. The third kappa shape index (κ3) is 7.03. The Hall–Kier alpha value is -5.47. The van der Waals surface area contributed by atoms with Crippen molar-refractivity contribution in [1.29, 1.82) is 0 Å². The fraction of sp³-hybridized carbons (Fsp3) is 0.405. The minimum Gasteiger partial charge on any atom is -0.355 e. The molecule has 12 nitrogen and oxygen atoms in total. The number of hydrogen-bond donors (Lipinski definition) is 2. The number of anilines is 1.